The van der Waals surface area contributed by atoms with Crippen LogP contribution in [0.15, 0.2) is 53.7 Å². The largest absolute Gasteiger partial charge is 0.506 e. The first-order chi connectivity index (χ1) is 10.7. The molecule has 4 rings (SSSR count). The first-order valence-electron chi connectivity index (χ1n) is 7.48. The van der Waals surface area contributed by atoms with E-state index in [1.807, 2.05) is 24.3 Å². The number of hydrazone groups is 1. The van der Waals surface area contributed by atoms with Crippen LogP contribution in [0.3, 0.4) is 0 Å². The molecule has 2 aromatic rings. The lowest BCUT2D eigenvalue weighted by atomic mass is 9.74. The summed E-state index contributed by atoms with van der Waals surface area (Å²) in [5.74, 6) is 0.699. The Kier molecular flexibility index (Phi) is 2.96. The molecule has 0 saturated heterocycles. The molecule has 2 aliphatic carbocycles. The number of phenols is 1. The third kappa shape index (κ3) is 1.99. The summed E-state index contributed by atoms with van der Waals surface area (Å²) < 4.78 is 0. The minimum absolute atomic E-state index is 0.00446. The van der Waals surface area contributed by atoms with E-state index in [0.29, 0.717) is 17.2 Å². The second-order valence-electron chi connectivity index (χ2n) is 5.87. The predicted molar refractivity (Wildman–Crippen MR) is 85.9 cm³/mol. The highest BCUT2D eigenvalue weighted by molar-refractivity contribution is 6.04. The summed E-state index contributed by atoms with van der Waals surface area (Å²) in [6.45, 7) is 0. The third-order valence-corrected chi connectivity index (χ3v) is 4.61. The van der Waals surface area contributed by atoms with Gasteiger partial charge in [0.2, 0.25) is 0 Å². The average molecular weight is 292 g/mol. The molecule has 2 atom stereocenters. The topological polar surface area (TPSA) is 61.7 Å². The number of amides is 1. The molecule has 0 heterocycles. The van der Waals surface area contributed by atoms with Crippen molar-refractivity contribution in [3.63, 3.8) is 0 Å². The molecule has 4 heteroatoms. The van der Waals surface area contributed by atoms with Crippen molar-refractivity contribution in [2.45, 2.75) is 12.8 Å². The van der Waals surface area contributed by atoms with Crippen molar-refractivity contribution in [2.75, 3.05) is 0 Å². The minimum atomic E-state index is -0.370. The van der Waals surface area contributed by atoms with Crippen molar-refractivity contribution >= 4 is 22.4 Å². The van der Waals surface area contributed by atoms with E-state index in [0.717, 1.165) is 23.9 Å². The molecule has 1 fully saturated rings. The molecule has 1 saturated carbocycles. The van der Waals surface area contributed by atoms with Gasteiger partial charge in [-0.3, -0.25) is 4.79 Å². The summed E-state index contributed by atoms with van der Waals surface area (Å²) in [4.78, 5) is 12.3. The van der Waals surface area contributed by atoms with Crippen LogP contribution in [0.25, 0.3) is 10.8 Å². The van der Waals surface area contributed by atoms with E-state index < -0.39 is 0 Å². The van der Waals surface area contributed by atoms with Crippen LogP contribution in [0.5, 0.6) is 5.75 Å². The highest BCUT2D eigenvalue weighted by Crippen LogP contribution is 2.40. The molecular weight excluding hydrogens is 276 g/mol. The zero-order valence-corrected chi connectivity index (χ0v) is 12.0. The molecule has 2 aliphatic rings. The van der Waals surface area contributed by atoms with Gasteiger partial charge in [-0.25, -0.2) is 5.43 Å². The van der Waals surface area contributed by atoms with Gasteiger partial charge < -0.3 is 5.11 Å². The fraction of sp³-hybridized carbons (Fsp3) is 0.222. The number of hydrogen-bond acceptors (Lipinski definition) is 3. The van der Waals surface area contributed by atoms with E-state index in [2.05, 4.69) is 22.7 Å². The fourth-order valence-electron chi connectivity index (χ4n) is 3.28. The highest BCUT2D eigenvalue weighted by Gasteiger charge is 2.38. The lowest BCUT2D eigenvalue weighted by Gasteiger charge is -2.31. The van der Waals surface area contributed by atoms with Gasteiger partial charge in [-0.1, -0.05) is 42.5 Å². The van der Waals surface area contributed by atoms with Crippen molar-refractivity contribution in [3.05, 3.63) is 54.1 Å². The van der Waals surface area contributed by atoms with E-state index in [-0.39, 0.29) is 17.2 Å². The van der Waals surface area contributed by atoms with E-state index in [1.165, 1.54) is 0 Å². The predicted octanol–water partition coefficient (Wildman–Crippen LogP) is 3.23. The van der Waals surface area contributed by atoms with Gasteiger partial charge in [0.1, 0.15) is 5.75 Å². The van der Waals surface area contributed by atoms with Gasteiger partial charge in [0.05, 0.1) is 5.56 Å². The first-order valence-corrected chi connectivity index (χ1v) is 7.48. The average Bonchev–Trinajstić information content (AvgIpc) is 2.89. The van der Waals surface area contributed by atoms with Gasteiger partial charge in [0.25, 0.3) is 5.91 Å². The zero-order chi connectivity index (χ0) is 15.1. The van der Waals surface area contributed by atoms with Crippen molar-refractivity contribution in [3.8, 4) is 5.75 Å². The number of hydrogen-bond donors (Lipinski definition) is 2. The van der Waals surface area contributed by atoms with Crippen molar-refractivity contribution in [1.82, 2.24) is 5.43 Å². The molecule has 110 valence electrons. The number of fused-ring (bicyclic) bond motifs is 2. The number of rotatable bonds is 2. The van der Waals surface area contributed by atoms with Crippen LogP contribution in [0.1, 0.15) is 23.2 Å². The van der Waals surface area contributed by atoms with Crippen LogP contribution in [-0.2, 0) is 0 Å². The smallest absolute Gasteiger partial charge is 0.275 e. The quantitative estimate of drug-likeness (QED) is 0.659. The molecule has 1 amide bonds. The van der Waals surface area contributed by atoms with Gasteiger partial charge in [0.15, 0.2) is 0 Å². The molecule has 0 aromatic heterocycles. The van der Waals surface area contributed by atoms with E-state index in [1.54, 1.807) is 12.1 Å². The SMILES string of the molecule is O=C(N/N=C1/C[C@H]2C=CC[C@@H]12)c1ccc2ccccc2c1O. The Bertz CT molecular complexity index is 823. The molecule has 2 aromatic carbocycles. The summed E-state index contributed by atoms with van der Waals surface area (Å²) in [5.41, 5.74) is 3.88. The molecule has 0 unspecified atom stereocenters. The number of aromatic hydroxyl groups is 1. The third-order valence-electron chi connectivity index (χ3n) is 4.61. The van der Waals surface area contributed by atoms with Crippen LogP contribution in [0, 0.1) is 11.8 Å². The second-order valence-corrected chi connectivity index (χ2v) is 5.87. The first kappa shape index (κ1) is 13.1. The summed E-state index contributed by atoms with van der Waals surface area (Å²) in [5, 5.41) is 16.1. The summed E-state index contributed by atoms with van der Waals surface area (Å²) in [7, 11) is 0. The zero-order valence-electron chi connectivity index (χ0n) is 12.0. The number of nitrogens with zero attached hydrogens (tertiary/aromatic N) is 1. The van der Waals surface area contributed by atoms with Crippen molar-refractivity contribution in [1.29, 1.82) is 0 Å². The maximum Gasteiger partial charge on any atom is 0.275 e. The molecule has 2 N–H and O–H groups in total. The molecule has 0 bridgehead atoms. The Balaban J connectivity index is 1.56. The molecular formula is C18H16N2O2. The number of carbonyl (C=O) groups excluding carboxylic acids is 1. The van der Waals surface area contributed by atoms with Gasteiger partial charge >= 0.3 is 0 Å². The normalized spacial score (nSPS) is 24.3. The standard InChI is InChI=1S/C18H16N2O2/c21-17-14-6-2-1-4-11(14)8-9-15(17)18(22)20-19-16-10-12-5-3-7-13(12)16/h1-6,8-9,12-13,21H,7,10H2,(H,20,22)/b19-16-/t12-,13-/m1/s1. The van der Waals surface area contributed by atoms with Gasteiger partial charge in [-0.2, -0.15) is 5.10 Å². The van der Waals surface area contributed by atoms with Crippen molar-refractivity contribution < 1.29 is 9.90 Å². The van der Waals surface area contributed by atoms with Crippen LogP contribution in [-0.4, -0.2) is 16.7 Å². The Morgan fingerprint density at radius 3 is 2.95 bits per heavy atom. The van der Waals surface area contributed by atoms with Crippen LogP contribution in [0.2, 0.25) is 0 Å². The van der Waals surface area contributed by atoms with E-state index >= 15 is 0 Å². The molecule has 22 heavy (non-hydrogen) atoms. The number of benzene rings is 2. The highest BCUT2D eigenvalue weighted by atomic mass is 16.3. The maximum atomic E-state index is 12.3. The Morgan fingerprint density at radius 2 is 2.09 bits per heavy atom. The fourth-order valence-corrected chi connectivity index (χ4v) is 3.28. The van der Waals surface area contributed by atoms with E-state index in [4.69, 9.17) is 0 Å². The maximum absolute atomic E-state index is 12.3. The summed E-state index contributed by atoms with van der Waals surface area (Å²) in [6, 6.07) is 10.9. The summed E-state index contributed by atoms with van der Waals surface area (Å²) >= 11 is 0. The lowest BCUT2D eigenvalue weighted by Crippen LogP contribution is -2.35. The minimum Gasteiger partial charge on any atom is -0.506 e. The van der Waals surface area contributed by atoms with Crippen LogP contribution < -0.4 is 5.43 Å². The van der Waals surface area contributed by atoms with Gasteiger partial charge in [0, 0.05) is 17.0 Å². The molecule has 0 spiro atoms. The van der Waals surface area contributed by atoms with Crippen LogP contribution in [0.4, 0.5) is 0 Å². The Morgan fingerprint density at radius 1 is 1.23 bits per heavy atom. The van der Waals surface area contributed by atoms with Crippen molar-refractivity contribution in [2.24, 2.45) is 16.9 Å². The Labute approximate surface area is 128 Å². The number of phenolic OH excluding ortho intramolecular Hbond substituents is 1. The number of allylic oxidation sites excluding steroid dienone is 2. The Hall–Kier alpha value is -2.62. The summed E-state index contributed by atoms with van der Waals surface area (Å²) in [6.07, 6.45) is 6.33. The lowest BCUT2D eigenvalue weighted by molar-refractivity contribution is 0.0951. The van der Waals surface area contributed by atoms with Crippen LogP contribution >= 0.6 is 0 Å². The number of carbonyl (C=O) groups is 1. The molecule has 4 nitrogen and oxygen atoms in total. The second kappa shape index (κ2) is 4.98. The monoisotopic (exact) mass is 292 g/mol. The molecule has 0 radical (unpaired) electrons. The van der Waals surface area contributed by atoms with Gasteiger partial charge in [-0.05, 0) is 30.2 Å². The van der Waals surface area contributed by atoms with Gasteiger partial charge in [-0.15, -0.1) is 0 Å². The number of nitrogens with one attached hydrogen (secondary N) is 1. The molecule has 0 aliphatic heterocycles. The van der Waals surface area contributed by atoms with E-state index in [9.17, 15) is 9.90 Å².